The van der Waals surface area contributed by atoms with E-state index in [1.807, 2.05) is 19.1 Å². The summed E-state index contributed by atoms with van der Waals surface area (Å²) in [4.78, 5) is 21.7. The van der Waals surface area contributed by atoms with E-state index in [2.05, 4.69) is 35.0 Å². The second kappa shape index (κ2) is 11.1. The third kappa shape index (κ3) is 6.42. The maximum atomic E-state index is 12.8. The summed E-state index contributed by atoms with van der Waals surface area (Å²) in [7, 11) is -3.86. The van der Waals surface area contributed by atoms with Gasteiger partial charge in [0.05, 0.1) is 10.6 Å². The molecule has 0 spiro atoms. The molecule has 0 aliphatic carbocycles. The Morgan fingerprint density at radius 2 is 1.61 bits per heavy atom. The first-order chi connectivity index (χ1) is 18.0. The number of halogens is 1. The number of benzene rings is 2. The smallest absolute Gasteiger partial charge is 0.264 e. The fourth-order valence-corrected chi connectivity index (χ4v) is 4.87. The summed E-state index contributed by atoms with van der Waals surface area (Å²) < 4.78 is 28.0. The summed E-state index contributed by atoms with van der Waals surface area (Å²) in [6, 6.07) is 15.3. The van der Waals surface area contributed by atoms with Gasteiger partial charge in [0.1, 0.15) is 11.7 Å². The quantitative estimate of drug-likeness (QED) is 0.207. The number of sulfonamides is 1. The summed E-state index contributed by atoms with van der Waals surface area (Å²) in [5, 5.41) is 3.75. The van der Waals surface area contributed by atoms with Crippen LogP contribution in [0.25, 0.3) is 11.1 Å². The molecule has 0 saturated carbocycles. The van der Waals surface area contributed by atoms with Crippen molar-refractivity contribution in [1.29, 1.82) is 0 Å². The molecule has 2 heterocycles. The van der Waals surface area contributed by atoms with E-state index < -0.39 is 10.0 Å². The molecule has 0 aliphatic rings. The number of nitrogens with one attached hydrogen (secondary N) is 2. The van der Waals surface area contributed by atoms with Gasteiger partial charge in [-0.25, -0.2) is 28.1 Å². The van der Waals surface area contributed by atoms with Gasteiger partial charge < -0.3 is 11.1 Å². The van der Waals surface area contributed by atoms with Gasteiger partial charge in [0.25, 0.3) is 16.0 Å². The van der Waals surface area contributed by atoms with Crippen LogP contribution >= 0.6 is 11.6 Å². The minimum Gasteiger partial charge on any atom is -0.383 e. The first-order valence-corrected chi connectivity index (χ1v) is 13.6. The van der Waals surface area contributed by atoms with Gasteiger partial charge in [-0.2, -0.15) is 9.98 Å². The molecule has 2 aromatic heterocycles. The van der Waals surface area contributed by atoms with Gasteiger partial charge >= 0.3 is 0 Å². The van der Waals surface area contributed by atoms with Crippen molar-refractivity contribution in [2.24, 2.45) is 4.99 Å². The van der Waals surface area contributed by atoms with Gasteiger partial charge in [0.15, 0.2) is 0 Å². The Hall–Kier alpha value is -4.09. The van der Waals surface area contributed by atoms with Crippen LogP contribution in [0, 0.1) is 13.8 Å². The number of nitrogens with zero attached hydrogens (tertiary/aromatic N) is 5. The molecule has 196 valence electrons. The minimum absolute atomic E-state index is 0.0282. The lowest BCUT2D eigenvalue weighted by Crippen LogP contribution is -2.16. The molecule has 0 radical (unpaired) electrons. The topological polar surface area (TPSA) is 148 Å². The van der Waals surface area contributed by atoms with Crippen LogP contribution in [-0.2, 0) is 16.4 Å². The van der Waals surface area contributed by atoms with E-state index in [0.29, 0.717) is 40.2 Å². The van der Waals surface area contributed by atoms with Crippen LogP contribution in [-0.4, -0.2) is 34.2 Å². The SMILES string of the molecule is CCc1nc(/N=C(\C)Nc2ccc(S(=O)(=O)Nc3nc(C)cc(C)n3)cc2)nc(N)c1-c1ccc(Cl)cc1. The van der Waals surface area contributed by atoms with Crippen molar-refractivity contribution in [3.05, 3.63) is 76.7 Å². The highest BCUT2D eigenvalue weighted by atomic mass is 35.5. The standard InChI is InChI=1S/C26H27ClN8O2S/c1-5-22-23(18-6-8-19(27)9-7-18)24(28)34-25(33-22)32-17(4)31-20-10-12-21(13-11-20)38(36,37)35-26-29-15(2)14-16(3)30-26/h6-14H,5H2,1-4H3,(H,29,30,35)(H3,28,31,32,33,34). The number of nitrogen functional groups attached to an aromatic ring is 1. The number of rotatable bonds is 7. The lowest BCUT2D eigenvalue weighted by atomic mass is 10.0. The van der Waals surface area contributed by atoms with Crippen LogP contribution in [0.4, 0.5) is 23.4 Å². The normalized spacial score (nSPS) is 11.9. The van der Waals surface area contributed by atoms with Gasteiger partial charge in [0.2, 0.25) is 5.95 Å². The van der Waals surface area contributed by atoms with E-state index in [1.165, 1.54) is 12.1 Å². The van der Waals surface area contributed by atoms with Crippen molar-refractivity contribution in [2.75, 3.05) is 15.8 Å². The summed E-state index contributed by atoms with van der Waals surface area (Å²) >= 11 is 6.01. The van der Waals surface area contributed by atoms with Crippen molar-refractivity contribution in [3.8, 4) is 11.1 Å². The van der Waals surface area contributed by atoms with Crippen LogP contribution in [0.15, 0.2) is 64.5 Å². The zero-order chi connectivity index (χ0) is 27.4. The molecule has 38 heavy (non-hydrogen) atoms. The Bertz CT molecular complexity index is 1590. The third-order valence-electron chi connectivity index (χ3n) is 5.43. The second-order valence-electron chi connectivity index (χ2n) is 8.52. The van der Waals surface area contributed by atoms with Crippen molar-refractivity contribution in [2.45, 2.75) is 39.0 Å². The Morgan fingerprint density at radius 1 is 0.974 bits per heavy atom. The van der Waals surface area contributed by atoms with Gasteiger partial charge in [-0.15, -0.1) is 0 Å². The molecular weight excluding hydrogens is 524 g/mol. The van der Waals surface area contributed by atoms with Crippen LogP contribution < -0.4 is 15.8 Å². The minimum atomic E-state index is -3.86. The highest BCUT2D eigenvalue weighted by Crippen LogP contribution is 2.30. The van der Waals surface area contributed by atoms with E-state index in [4.69, 9.17) is 17.3 Å². The van der Waals surface area contributed by atoms with Crippen LogP contribution in [0.1, 0.15) is 30.9 Å². The Morgan fingerprint density at radius 3 is 2.21 bits per heavy atom. The van der Waals surface area contributed by atoms with Crippen molar-refractivity contribution in [3.63, 3.8) is 0 Å². The molecule has 0 saturated heterocycles. The lowest BCUT2D eigenvalue weighted by Gasteiger charge is -2.12. The fourth-order valence-electron chi connectivity index (χ4n) is 3.80. The number of aryl methyl sites for hydroxylation is 3. The maximum Gasteiger partial charge on any atom is 0.264 e. The predicted molar refractivity (Wildman–Crippen MR) is 151 cm³/mol. The first-order valence-electron chi connectivity index (χ1n) is 11.7. The predicted octanol–water partition coefficient (Wildman–Crippen LogP) is 5.31. The van der Waals surface area contributed by atoms with Crippen LogP contribution in [0.2, 0.25) is 5.02 Å². The monoisotopic (exact) mass is 550 g/mol. The van der Waals surface area contributed by atoms with Crippen LogP contribution in [0.5, 0.6) is 0 Å². The summed E-state index contributed by atoms with van der Waals surface area (Å²) in [5.41, 5.74) is 10.6. The second-order valence-corrected chi connectivity index (χ2v) is 10.6. The van der Waals surface area contributed by atoms with Gasteiger partial charge in [-0.05, 0) is 75.2 Å². The Kier molecular flexibility index (Phi) is 7.88. The van der Waals surface area contributed by atoms with Gasteiger partial charge in [0, 0.05) is 27.7 Å². The maximum absolute atomic E-state index is 12.8. The zero-order valence-electron chi connectivity index (χ0n) is 21.3. The van der Waals surface area contributed by atoms with E-state index >= 15 is 0 Å². The number of hydrogen-bond acceptors (Lipinski definition) is 8. The highest BCUT2D eigenvalue weighted by molar-refractivity contribution is 7.92. The molecule has 10 nitrogen and oxygen atoms in total. The van der Waals surface area contributed by atoms with E-state index in [1.54, 1.807) is 51.1 Å². The third-order valence-corrected chi connectivity index (χ3v) is 7.03. The van der Waals surface area contributed by atoms with Crippen molar-refractivity contribution < 1.29 is 8.42 Å². The van der Waals surface area contributed by atoms with Gasteiger partial charge in [-0.1, -0.05) is 30.7 Å². The number of nitrogens with two attached hydrogens (primary N) is 1. The molecule has 0 atom stereocenters. The average molecular weight is 551 g/mol. The molecule has 0 aliphatic heterocycles. The lowest BCUT2D eigenvalue weighted by molar-refractivity contribution is 0.601. The number of anilines is 3. The first kappa shape index (κ1) is 27.0. The number of hydrogen-bond donors (Lipinski definition) is 3. The number of aromatic nitrogens is 4. The number of aliphatic imine (C=N–C) groups is 1. The summed E-state index contributed by atoms with van der Waals surface area (Å²) in [6.07, 6.45) is 0.636. The Balaban J connectivity index is 1.51. The Labute approximate surface area is 226 Å². The zero-order valence-corrected chi connectivity index (χ0v) is 22.9. The highest BCUT2D eigenvalue weighted by Gasteiger charge is 2.17. The van der Waals surface area contributed by atoms with Gasteiger partial charge in [-0.3, -0.25) is 0 Å². The molecule has 2 aromatic carbocycles. The molecular formula is C26H27ClN8O2S. The fraction of sp³-hybridized carbons (Fsp3) is 0.192. The summed E-state index contributed by atoms with van der Waals surface area (Å²) in [6.45, 7) is 7.28. The molecule has 0 amide bonds. The molecule has 4 rings (SSSR count). The van der Waals surface area contributed by atoms with Crippen molar-refractivity contribution >= 4 is 50.9 Å². The molecule has 0 unspecified atom stereocenters. The molecule has 12 heteroatoms. The summed E-state index contributed by atoms with van der Waals surface area (Å²) in [5.74, 6) is 1.07. The number of amidine groups is 1. The van der Waals surface area contributed by atoms with Crippen molar-refractivity contribution in [1.82, 2.24) is 19.9 Å². The molecule has 4 N–H and O–H groups in total. The molecule has 0 bridgehead atoms. The molecule has 4 aromatic rings. The van der Waals surface area contributed by atoms with E-state index in [-0.39, 0.29) is 16.8 Å². The largest absolute Gasteiger partial charge is 0.383 e. The molecule has 0 fully saturated rings. The van der Waals surface area contributed by atoms with Crippen LogP contribution in [0.3, 0.4) is 0 Å². The van der Waals surface area contributed by atoms with E-state index in [0.717, 1.165) is 16.8 Å². The van der Waals surface area contributed by atoms with E-state index in [9.17, 15) is 8.42 Å². The average Bonchev–Trinajstić information content (AvgIpc) is 2.84.